The Morgan fingerprint density at radius 3 is 2.00 bits per heavy atom. The molecule has 2 fully saturated rings. The minimum atomic E-state index is 0.181. The largest absolute Gasteiger partial charge is 0.423 e. The van der Waals surface area contributed by atoms with Gasteiger partial charge in [-0.15, -0.1) is 0 Å². The molecule has 2 heterocycles. The molecule has 1 aromatic heterocycles. The van der Waals surface area contributed by atoms with Crippen LogP contribution in [0.15, 0.2) is 89.3 Å². The Bertz CT molecular complexity index is 1540. The standard InChI is InChI=1S/C42H56ClN5O/c1-5-47(6-2)42-38(29-32-13-9-7-10-14-32)44-41(49-42)39(48-27-25-46(26-28-48)31-34-15-11-8-12-16-34)30-33-17-19-35(20-18-33)40(45(3)4)36-21-23-37(43)24-22-36/h7-16,21-24,33,35,39-40H,5-6,17-20,25-31H2,1-4H3. The fraction of sp³-hybridized carbons (Fsp3) is 0.500. The van der Waals surface area contributed by atoms with Crippen molar-refractivity contribution in [3.8, 4) is 0 Å². The lowest BCUT2D eigenvalue weighted by atomic mass is 9.74. The third-order valence-electron chi connectivity index (χ3n) is 11.0. The van der Waals surface area contributed by atoms with Gasteiger partial charge in [-0.3, -0.25) is 9.80 Å². The maximum Gasteiger partial charge on any atom is 0.219 e. The van der Waals surface area contributed by atoms with Crippen LogP contribution in [0.5, 0.6) is 0 Å². The van der Waals surface area contributed by atoms with Crippen molar-refractivity contribution in [2.75, 3.05) is 58.3 Å². The molecular formula is C42H56ClN5O. The fourth-order valence-corrected chi connectivity index (χ4v) is 8.48. The summed E-state index contributed by atoms with van der Waals surface area (Å²) in [4.78, 5) is 15.4. The number of rotatable bonds is 14. The van der Waals surface area contributed by atoms with Crippen LogP contribution in [0.1, 0.15) is 86.3 Å². The second kappa shape index (κ2) is 17.2. The number of oxazole rings is 1. The Hall–Kier alpha value is -3.16. The first-order chi connectivity index (χ1) is 23.9. The number of benzene rings is 3. The third kappa shape index (κ3) is 9.15. The van der Waals surface area contributed by atoms with Crippen LogP contribution in [0.3, 0.4) is 0 Å². The highest BCUT2D eigenvalue weighted by atomic mass is 35.5. The number of piperazine rings is 1. The van der Waals surface area contributed by atoms with E-state index in [9.17, 15) is 0 Å². The average molecular weight is 682 g/mol. The molecule has 0 N–H and O–H groups in total. The molecule has 2 unspecified atom stereocenters. The SMILES string of the molecule is CCN(CC)c1oc(C(CC2CCC(C(c3ccc(Cl)cc3)N(C)C)CC2)N2CCN(Cc3ccccc3)CC2)nc1Cc1ccccc1. The zero-order valence-electron chi connectivity index (χ0n) is 30.1. The van der Waals surface area contributed by atoms with E-state index in [0.717, 1.165) is 81.1 Å². The first-order valence-electron chi connectivity index (χ1n) is 18.6. The molecule has 2 aliphatic rings. The van der Waals surface area contributed by atoms with Crippen LogP contribution >= 0.6 is 11.6 Å². The minimum Gasteiger partial charge on any atom is -0.423 e. The lowest BCUT2D eigenvalue weighted by molar-refractivity contribution is 0.0594. The van der Waals surface area contributed by atoms with Crippen LogP contribution in [-0.2, 0) is 13.0 Å². The van der Waals surface area contributed by atoms with E-state index >= 15 is 0 Å². The molecule has 0 bridgehead atoms. The Morgan fingerprint density at radius 1 is 0.796 bits per heavy atom. The van der Waals surface area contributed by atoms with Crippen LogP contribution in [0, 0.1) is 11.8 Å². The number of anilines is 1. The van der Waals surface area contributed by atoms with E-state index < -0.39 is 0 Å². The topological polar surface area (TPSA) is 39.0 Å². The van der Waals surface area contributed by atoms with E-state index in [1.54, 1.807) is 0 Å². The monoisotopic (exact) mass is 681 g/mol. The van der Waals surface area contributed by atoms with Gasteiger partial charge in [0.25, 0.3) is 0 Å². The van der Waals surface area contributed by atoms with E-state index in [1.807, 2.05) is 12.1 Å². The van der Waals surface area contributed by atoms with Crippen molar-refractivity contribution in [2.24, 2.45) is 11.8 Å². The summed E-state index contributed by atoms with van der Waals surface area (Å²) >= 11 is 6.26. The molecule has 3 aromatic carbocycles. The third-order valence-corrected chi connectivity index (χ3v) is 11.3. The second-order valence-electron chi connectivity index (χ2n) is 14.4. The average Bonchev–Trinajstić information content (AvgIpc) is 3.53. The fourth-order valence-electron chi connectivity index (χ4n) is 8.35. The van der Waals surface area contributed by atoms with Gasteiger partial charge in [-0.25, -0.2) is 4.98 Å². The van der Waals surface area contributed by atoms with Crippen LogP contribution in [0.25, 0.3) is 0 Å². The van der Waals surface area contributed by atoms with Gasteiger partial charge < -0.3 is 14.2 Å². The summed E-state index contributed by atoms with van der Waals surface area (Å²) < 4.78 is 6.91. The smallest absolute Gasteiger partial charge is 0.219 e. The van der Waals surface area contributed by atoms with E-state index in [2.05, 4.69) is 120 Å². The van der Waals surface area contributed by atoms with Crippen molar-refractivity contribution in [2.45, 2.75) is 71.0 Å². The molecule has 0 radical (unpaired) electrons. The maximum absolute atomic E-state index is 6.91. The molecule has 0 spiro atoms. The van der Waals surface area contributed by atoms with Gasteiger partial charge in [0, 0.05) is 63.3 Å². The molecular weight excluding hydrogens is 626 g/mol. The summed E-state index contributed by atoms with van der Waals surface area (Å²) in [5, 5.41) is 0.805. The molecule has 6 nitrogen and oxygen atoms in total. The number of hydrogen-bond acceptors (Lipinski definition) is 6. The summed E-state index contributed by atoms with van der Waals surface area (Å²) in [7, 11) is 4.45. The summed E-state index contributed by atoms with van der Waals surface area (Å²) in [5.41, 5.74) is 5.11. The van der Waals surface area contributed by atoms with Crippen LogP contribution in [-0.4, -0.2) is 73.0 Å². The van der Waals surface area contributed by atoms with E-state index in [1.165, 1.54) is 42.4 Å². The van der Waals surface area contributed by atoms with Crippen molar-refractivity contribution in [3.05, 3.63) is 118 Å². The number of nitrogens with zero attached hydrogens (tertiary/aromatic N) is 5. The molecule has 0 amide bonds. The first-order valence-corrected chi connectivity index (χ1v) is 19.0. The molecule has 49 heavy (non-hydrogen) atoms. The van der Waals surface area contributed by atoms with Gasteiger partial charge in [0.05, 0.1) is 6.04 Å². The lowest BCUT2D eigenvalue weighted by Crippen LogP contribution is -2.47. The zero-order chi connectivity index (χ0) is 34.2. The number of halogens is 1. The van der Waals surface area contributed by atoms with Gasteiger partial charge in [-0.05, 0) is 87.9 Å². The normalized spacial score (nSPS) is 20.4. The highest BCUT2D eigenvalue weighted by Crippen LogP contribution is 2.43. The molecule has 262 valence electrons. The molecule has 4 aromatic rings. The summed E-state index contributed by atoms with van der Waals surface area (Å²) in [6.07, 6.45) is 6.85. The minimum absolute atomic E-state index is 0.181. The van der Waals surface area contributed by atoms with Crippen molar-refractivity contribution < 1.29 is 4.42 Å². The van der Waals surface area contributed by atoms with Crippen molar-refractivity contribution in [3.63, 3.8) is 0 Å². The van der Waals surface area contributed by atoms with Crippen LogP contribution in [0.2, 0.25) is 5.02 Å². The molecule has 1 saturated carbocycles. The Balaban J connectivity index is 1.21. The predicted octanol–water partition coefficient (Wildman–Crippen LogP) is 9.12. The number of aromatic nitrogens is 1. The summed E-state index contributed by atoms with van der Waals surface area (Å²) in [6.45, 7) is 11.4. The van der Waals surface area contributed by atoms with Gasteiger partial charge in [0.15, 0.2) is 0 Å². The van der Waals surface area contributed by atoms with Crippen LogP contribution < -0.4 is 4.90 Å². The highest BCUT2D eigenvalue weighted by molar-refractivity contribution is 6.30. The Labute approximate surface area is 300 Å². The predicted molar refractivity (Wildman–Crippen MR) is 203 cm³/mol. The molecule has 1 aliphatic carbocycles. The van der Waals surface area contributed by atoms with Gasteiger partial charge in [-0.2, -0.15) is 0 Å². The molecule has 2 atom stereocenters. The van der Waals surface area contributed by atoms with Gasteiger partial charge in [-0.1, -0.05) is 97.2 Å². The van der Waals surface area contributed by atoms with E-state index in [4.69, 9.17) is 21.0 Å². The Morgan fingerprint density at radius 2 is 1.41 bits per heavy atom. The van der Waals surface area contributed by atoms with E-state index in [-0.39, 0.29) is 6.04 Å². The van der Waals surface area contributed by atoms with Crippen molar-refractivity contribution in [1.29, 1.82) is 0 Å². The summed E-state index contributed by atoms with van der Waals surface area (Å²) in [6, 6.07) is 30.7. The van der Waals surface area contributed by atoms with Gasteiger partial charge in [0.2, 0.25) is 11.8 Å². The van der Waals surface area contributed by atoms with E-state index in [0.29, 0.717) is 17.9 Å². The molecule has 6 rings (SSSR count). The Kier molecular flexibility index (Phi) is 12.5. The quantitative estimate of drug-likeness (QED) is 0.132. The lowest BCUT2D eigenvalue weighted by Gasteiger charge is -2.41. The highest BCUT2D eigenvalue weighted by Gasteiger charge is 2.36. The van der Waals surface area contributed by atoms with Gasteiger partial charge in [0.1, 0.15) is 5.69 Å². The second-order valence-corrected chi connectivity index (χ2v) is 14.9. The van der Waals surface area contributed by atoms with Gasteiger partial charge >= 0.3 is 0 Å². The van der Waals surface area contributed by atoms with Crippen LogP contribution in [0.4, 0.5) is 5.88 Å². The molecule has 7 heteroatoms. The molecule has 1 saturated heterocycles. The number of hydrogen-bond donors (Lipinski definition) is 0. The maximum atomic E-state index is 6.91. The summed E-state index contributed by atoms with van der Waals surface area (Å²) in [5.74, 6) is 3.16. The van der Waals surface area contributed by atoms with Crippen molar-refractivity contribution in [1.82, 2.24) is 19.7 Å². The first kappa shape index (κ1) is 35.7. The molecule has 1 aliphatic heterocycles. The van der Waals surface area contributed by atoms with Crippen molar-refractivity contribution >= 4 is 17.5 Å². The zero-order valence-corrected chi connectivity index (χ0v) is 30.9.